The highest BCUT2D eigenvalue weighted by atomic mass is 16.5. The molecule has 0 bridgehead atoms. The Hall–Kier alpha value is -1.65. The van der Waals surface area contributed by atoms with Gasteiger partial charge in [-0.2, -0.15) is 0 Å². The van der Waals surface area contributed by atoms with Gasteiger partial charge in [0.1, 0.15) is 6.33 Å². The SMILES string of the molecule is CCC(C(=O)O)c1cc(OC(C)C)ncn1. The predicted molar refractivity (Wildman–Crippen MR) is 58.5 cm³/mol. The summed E-state index contributed by atoms with van der Waals surface area (Å²) in [4.78, 5) is 18.9. The van der Waals surface area contributed by atoms with Crippen molar-refractivity contribution in [3.05, 3.63) is 18.1 Å². The molecule has 1 heterocycles. The van der Waals surface area contributed by atoms with Crippen LogP contribution in [-0.2, 0) is 4.79 Å². The monoisotopic (exact) mass is 224 g/mol. The maximum absolute atomic E-state index is 11.0. The summed E-state index contributed by atoms with van der Waals surface area (Å²) in [7, 11) is 0. The van der Waals surface area contributed by atoms with Gasteiger partial charge in [-0.3, -0.25) is 4.79 Å². The second-order valence-corrected chi connectivity index (χ2v) is 3.75. The van der Waals surface area contributed by atoms with Crippen LogP contribution in [0.5, 0.6) is 5.88 Å². The minimum atomic E-state index is -0.878. The fourth-order valence-electron chi connectivity index (χ4n) is 1.36. The van der Waals surface area contributed by atoms with E-state index in [4.69, 9.17) is 9.84 Å². The highest BCUT2D eigenvalue weighted by Gasteiger charge is 2.19. The maximum atomic E-state index is 11.0. The lowest BCUT2D eigenvalue weighted by Gasteiger charge is -2.12. The fraction of sp³-hybridized carbons (Fsp3) is 0.545. The third-order valence-corrected chi connectivity index (χ3v) is 2.08. The molecule has 5 heteroatoms. The molecule has 1 N–H and O–H groups in total. The van der Waals surface area contributed by atoms with E-state index in [1.54, 1.807) is 6.07 Å². The number of rotatable bonds is 5. The van der Waals surface area contributed by atoms with Crippen LogP contribution in [0.25, 0.3) is 0 Å². The van der Waals surface area contributed by atoms with Crippen LogP contribution in [0.3, 0.4) is 0 Å². The van der Waals surface area contributed by atoms with E-state index in [9.17, 15) is 4.79 Å². The van der Waals surface area contributed by atoms with Gasteiger partial charge in [-0.1, -0.05) is 6.92 Å². The molecule has 1 aromatic heterocycles. The van der Waals surface area contributed by atoms with E-state index in [2.05, 4.69) is 9.97 Å². The molecule has 5 nitrogen and oxygen atoms in total. The molecule has 1 unspecified atom stereocenters. The summed E-state index contributed by atoms with van der Waals surface area (Å²) < 4.78 is 5.39. The van der Waals surface area contributed by atoms with E-state index in [1.165, 1.54) is 6.33 Å². The van der Waals surface area contributed by atoms with E-state index in [-0.39, 0.29) is 6.10 Å². The van der Waals surface area contributed by atoms with Gasteiger partial charge in [0.2, 0.25) is 5.88 Å². The number of nitrogens with zero attached hydrogens (tertiary/aromatic N) is 2. The van der Waals surface area contributed by atoms with Crippen molar-refractivity contribution >= 4 is 5.97 Å². The zero-order valence-corrected chi connectivity index (χ0v) is 9.67. The molecule has 0 aliphatic carbocycles. The van der Waals surface area contributed by atoms with Gasteiger partial charge in [-0.25, -0.2) is 9.97 Å². The zero-order chi connectivity index (χ0) is 12.1. The van der Waals surface area contributed by atoms with Crippen molar-refractivity contribution in [3.8, 4) is 5.88 Å². The van der Waals surface area contributed by atoms with E-state index >= 15 is 0 Å². The van der Waals surface area contributed by atoms with Crippen LogP contribution >= 0.6 is 0 Å². The Kier molecular flexibility index (Phi) is 4.22. The Morgan fingerprint density at radius 2 is 2.19 bits per heavy atom. The molecule has 1 atom stereocenters. The first-order chi connectivity index (χ1) is 7.54. The first kappa shape index (κ1) is 12.4. The minimum absolute atomic E-state index is 0.00709. The number of hydrogen-bond donors (Lipinski definition) is 1. The summed E-state index contributed by atoms with van der Waals surface area (Å²) >= 11 is 0. The molecule has 1 rings (SSSR count). The van der Waals surface area contributed by atoms with Gasteiger partial charge in [0, 0.05) is 6.07 Å². The predicted octanol–water partition coefficient (Wildman–Crippen LogP) is 1.84. The second kappa shape index (κ2) is 5.44. The van der Waals surface area contributed by atoms with Crippen LogP contribution in [0.4, 0.5) is 0 Å². The van der Waals surface area contributed by atoms with Crippen LogP contribution in [0.15, 0.2) is 12.4 Å². The number of ether oxygens (including phenoxy) is 1. The number of aliphatic carboxylic acids is 1. The van der Waals surface area contributed by atoms with Crippen molar-refractivity contribution in [3.63, 3.8) is 0 Å². The summed E-state index contributed by atoms with van der Waals surface area (Å²) in [5.74, 6) is -1.06. The molecule has 0 radical (unpaired) electrons. The van der Waals surface area contributed by atoms with Crippen molar-refractivity contribution in [2.45, 2.75) is 39.2 Å². The number of carboxylic acids is 1. The molecule has 0 fully saturated rings. The van der Waals surface area contributed by atoms with Crippen LogP contribution in [-0.4, -0.2) is 27.1 Å². The Morgan fingerprint density at radius 3 is 2.69 bits per heavy atom. The van der Waals surface area contributed by atoms with Crippen LogP contribution in [0, 0.1) is 0 Å². The molecule has 0 saturated carbocycles. The molecule has 0 aliphatic heterocycles. The largest absolute Gasteiger partial charge is 0.481 e. The first-order valence-corrected chi connectivity index (χ1v) is 5.26. The van der Waals surface area contributed by atoms with E-state index in [0.717, 1.165) is 0 Å². The van der Waals surface area contributed by atoms with Gasteiger partial charge in [0.25, 0.3) is 0 Å². The smallest absolute Gasteiger partial charge is 0.312 e. The topological polar surface area (TPSA) is 72.3 Å². The third-order valence-electron chi connectivity index (χ3n) is 2.08. The van der Waals surface area contributed by atoms with Crippen LogP contribution in [0.1, 0.15) is 38.8 Å². The van der Waals surface area contributed by atoms with Gasteiger partial charge in [-0.15, -0.1) is 0 Å². The molecule has 0 saturated heterocycles. The molecule has 0 amide bonds. The number of aromatic nitrogens is 2. The Labute approximate surface area is 94.5 Å². The molecule has 1 aromatic rings. The zero-order valence-electron chi connectivity index (χ0n) is 9.67. The quantitative estimate of drug-likeness (QED) is 0.826. The Bertz CT molecular complexity index is 366. The molecule has 0 spiro atoms. The van der Waals surface area contributed by atoms with Gasteiger partial charge < -0.3 is 9.84 Å². The maximum Gasteiger partial charge on any atom is 0.312 e. The number of hydrogen-bond acceptors (Lipinski definition) is 4. The highest BCUT2D eigenvalue weighted by molar-refractivity contribution is 5.75. The lowest BCUT2D eigenvalue weighted by Crippen LogP contribution is -2.13. The second-order valence-electron chi connectivity index (χ2n) is 3.75. The number of carboxylic acid groups (broad SMARTS) is 1. The van der Waals surface area contributed by atoms with Crippen molar-refractivity contribution in [1.82, 2.24) is 9.97 Å². The van der Waals surface area contributed by atoms with E-state index < -0.39 is 11.9 Å². The number of carbonyl (C=O) groups is 1. The van der Waals surface area contributed by atoms with Crippen molar-refractivity contribution in [2.24, 2.45) is 0 Å². The van der Waals surface area contributed by atoms with Gasteiger partial charge in [-0.05, 0) is 20.3 Å². The molecule has 16 heavy (non-hydrogen) atoms. The van der Waals surface area contributed by atoms with Crippen molar-refractivity contribution < 1.29 is 14.6 Å². The minimum Gasteiger partial charge on any atom is -0.481 e. The van der Waals surface area contributed by atoms with Gasteiger partial charge in [0.05, 0.1) is 17.7 Å². The lowest BCUT2D eigenvalue weighted by molar-refractivity contribution is -0.138. The van der Waals surface area contributed by atoms with Crippen molar-refractivity contribution in [2.75, 3.05) is 0 Å². The van der Waals surface area contributed by atoms with E-state index in [1.807, 2.05) is 20.8 Å². The van der Waals surface area contributed by atoms with E-state index in [0.29, 0.717) is 18.0 Å². The molecule has 88 valence electrons. The Morgan fingerprint density at radius 1 is 1.50 bits per heavy atom. The Balaban J connectivity index is 2.92. The van der Waals surface area contributed by atoms with Crippen LogP contribution < -0.4 is 4.74 Å². The summed E-state index contributed by atoms with van der Waals surface area (Å²) in [5, 5.41) is 9.00. The average molecular weight is 224 g/mol. The summed E-state index contributed by atoms with van der Waals surface area (Å²) in [6.45, 7) is 5.58. The van der Waals surface area contributed by atoms with Crippen molar-refractivity contribution in [1.29, 1.82) is 0 Å². The molecular weight excluding hydrogens is 208 g/mol. The average Bonchev–Trinajstić information content (AvgIpc) is 2.17. The molecular formula is C11H16N2O3. The lowest BCUT2D eigenvalue weighted by atomic mass is 10.0. The summed E-state index contributed by atoms with van der Waals surface area (Å²) in [5.41, 5.74) is 0.487. The summed E-state index contributed by atoms with van der Waals surface area (Å²) in [6.07, 6.45) is 1.83. The van der Waals surface area contributed by atoms with Gasteiger partial charge in [0.15, 0.2) is 0 Å². The highest BCUT2D eigenvalue weighted by Crippen LogP contribution is 2.20. The summed E-state index contributed by atoms with van der Waals surface area (Å²) in [6, 6.07) is 1.59. The third kappa shape index (κ3) is 3.18. The normalized spacial score (nSPS) is 12.5. The van der Waals surface area contributed by atoms with Gasteiger partial charge >= 0.3 is 5.97 Å². The molecule has 0 aromatic carbocycles. The van der Waals surface area contributed by atoms with Crippen LogP contribution in [0.2, 0.25) is 0 Å². The first-order valence-electron chi connectivity index (χ1n) is 5.26. The standard InChI is InChI=1S/C11H16N2O3/c1-4-8(11(14)15)9-5-10(13-6-12-9)16-7(2)3/h5-8H,4H2,1-3H3,(H,14,15). The molecule has 0 aliphatic rings. The fourth-order valence-corrected chi connectivity index (χ4v) is 1.36.